The van der Waals surface area contributed by atoms with E-state index in [1.807, 2.05) is 24.3 Å². The van der Waals surface area contributed by atoms with Gasteiger partial charge in [-0.3, -0.25) is 0 Å². The molecule has 6 heteroatoms. The summed E-state index contributed by atoms with van der Waals surface area (Å²) in [5, 5.41) is 8.88. The maximum absolute atomic E-state index is 11.7. The lowest BCUT2D eigenvalue weighted by Crippen LogP contribution is -2.07. The smallest absolute Gasteiger partial charge is 0.343 e. The fourth-order valence-electron chi connectivity index (χ4n) is 2.79. The first-order valence-corrected chi connectivity index (χ1v) is 11.0. The van der Waals surface area contributed by atoms with Crippen molar-refractivity contribution < 1.29 is 24.2 Å². The molecule has 0 saturated carbocycles. The highest BCUT2D eigenvalue weighted by atomic mass is 35.5. The van der Waals surface area contributed by atoms with Crippen LogP contribution in [0.3, 0.4) is 0 Å². The van der Waals surface area contributed by atoms with E-state index in [0.717, 1.165) is 11.1 Å². The van der Waals surface area contributed by atoms with Crippen molar-refractivity contribution in [2.24, 2.45) is 0 Å². The minimum Gasteiger partial charge on any atom is -0.423 e. The molecule has 0 radical (unpaired) electrons. The molecule has 0 aliphatic carbocycles. The van der Waals surface area contributed by atoms with E-state index in [4.69, 9.17) is 26.2 Å². The summed E-state index contributed by atoms with van der Waals surface area (Å²) < 4.78 is 10.4. The zero-order valence-corrected chi connectivity index (χ0v) is 19.0. The second-order valence-electron chi connectivity index (χ2n) is 7.09. The Kier molecular flexibility index (Phi) is 9.40. The number of hydrogen-bond acceptors (Lipinski definition) is 5. The topological polar surface area (TPSA) is 72.8 Å². The number of ether oxygens (including phenoxy) is 2. The van der Waals surface area contributed by atoms with Gasteiger partial charge in [0.15, 0.2) is 0 Å². The third-order valence-corrected chi connectivity index (χ3v) is 4.93. The fraction of sp³-hybridized carbons (Fsp3) is 0.0714. The van der Waals surface area contributed by atoms with Gasteiger partial charge in [-0.2, -0.15) is 0 Å². The van der Waals surface area contributed by atoms with E-state index in [9.17, 15) is 9.59 Å². The average Bonchev–Trinajstić information content (AvgIpc) is 2.91. The van der Waals surface area contributed by atoms with Gasteiger partial charge < -0.3 is 14.6 Å². The molecule has 5 nitrogen and oxygen atoms in total. The van der Waals surface area contributed by atoms with Crippen molar-refractivity contribution in [1.82, 2.24) is 0 Å². The maximum atomic E-state index is 11.7. The molecule has 0 amide bonds. The lowest BCUT2D eigenvalue weighted by atomic mass is 10.2. The molecule has 0 saturated heterocycles. The highest BCUT2D eigenvalue weighted by Gasteiger charge is 2.08. The Balaban J connectivity index is 0.000000191. The molecule has 0 unspecified atom stereocenters. The van der Waals surface area contributed by atoms with Gasteiger partial charge in [0.1, 0.15) is 11.5 Å². The highest BCUT2D eigenvalue weighted by molar-refractivity contribution is 6.17. The number of esters is 2. The van der Waals surface area contributed by atoms with Crippen molar-refractivity contribution in [1.29, 1.82) is 0 Å². The molecule has 0 heterocycles. The van der Waals surface area contributed by atoms with Gasteiger partial charge in [-0.1, -0.05) is 60.7 Å². The van der Waals surface area contributed by atoms with Crippen LogP contribution >= 0.6 is 11.6 Å². The Bertz CT molecular complexity index is 1080. The molecular weight excluding hydrogens is 452 g/mol. The normalized spacial score (nSPS) is 9.94. The monoisotopic (exact) mass is 474 g/mol. The zero-order chi connectivity index (χ0) is 24.2. The molecular formula is C28H23ClO5. The molecule has 0 fully saturated rings. The molecule has 4 aromatic rings. The van der Waals surface area contributed by atoms with Crippen molar-refractivity contribution in [2.45, 2.75) is 12.5 Å². The number of halogens is 1. The van der Waals surface area contributed by atoms with Crippen LogP contribution in [0.25, 0.3) is 0 Å². The minimum absolute atomic E-state index is 0.0209. The van der Waals surface area contributed by atoms with Crippen LogP contribution in [-0.2, 0) is 12.5 Å². The molecule has 0 aliphatic heterocycles. The molecule has 172 valence electrons. The molecule has 34 heavy (non-hydrogen) atoms. The molecule has 0 aromatic heterocycles. The zero-order valence-electron chi connectivity index (χ0n) is 18.3. The van der Waals surface area contributed by atoms with Crippen LogP contribution in [0.4, 0.5) is 0 Å². The standard InChI is InChI=1S/C14H11ClO2.C14H12O3/c2*15-10-11-6-8-13(9-7-11)17-14(16)12-4-2-1-3-5-12/h1-9H,10H2;1-9,15H,10H2. The summed E-state index contributed by atoms with van der Waals surface area (Å²) >= 11 is 5.67. The highest BCUT2D eigenvalue weighted by Crippen LogP contribution is 2.16. The van der Waals surface area contributed by atoms with Crippen LogP contribution in [0, 0.1) is 0 Å². The number of benzene rings is 4. The van der Waals surface area contributed by atoms with E-state index in [2.05, 4.69) is 0 Å². The number of alkyl halides is 1. The van der Waals surface area contributed by atoms with E-state index in [1.54, 1.807) is 84.9 Å². The summed E-state index contributed by atoms with van der Waals surface area (Å²) in [6, 6.07) is 31.6. The third kappa shape index (κ3) is 7.59. The maximum Gasteiger partial charge on any atom is 0.343 e. The summed E-state index contributed by atoms with van der Waals surface area (Å²) in [7, 11) is 0. The lowest BCUT2D eigenvalue weighted by molar-refractivity contribution is 0.0725. The molecule has 4 rings (SSSR count). The van der Waals surface area contributed by atoms with Crippen molar-refractivity contribution in [3.8, 4) is 11.5 Å². The number of carbonyl (C=O) groups is 2. The quantitative estimate of drug-likeness (QED) is 0.209. The van der Waals surface area contributed by atoms with Crippen LogP contribution in [0.15, 0.2) is 109 Å². The Morgan fingerprint density at radius 3 is 1.32 bits per heavy atom. The summed E-state index contributed by atoms with van der Waals surface area (Å²) in [6.45, 7) is -0.0209. The molecule has 0 atom stereocenters. The van der Waals surface area contributed by atoms with E-state index in [-0.39, 0.29) is 18.5 Å². The van der Waals surface area contributed by atoms with Crippen LogP contribution in [0.2, 0.25) is 0 Å². The predicted octanol–water partition coefficient (Wildman–Crippen LogP) is 6.04. The first kappa shape index (κ1) is 24.7. The molecule has 0 aliphatic rings. The SMILES string of the molecule is O=C(Oc1ccc(CCl)cc1)c1ccccc1.O=C(Oc1ccc(CO)cc1)c1ccccc1. The van der Waals surface area contributed by atoms with Gasteiger partial charge in [-0.15, -0.1) is 11.6 Å². The molecule has 0 bridgehead atoms. The van der Waals surface area contributed by atoms with E-state index in [1.165, 1.54) is 0 Å². The second-order valence-corrected chi connectivity index (χ2v) is 7.36. The Hall–Kier alpha value is -3.93. The van der Waals surface area contributed by atoms with Gasteiger partial charge in [-0.05, 0) is 59.7 Å². The molecule has 0 spiro atoms. The van der Waals surface area contributed by atoms with Gasteiger partial charge in [-0.25, -0.2) is 9.59 Å². The van der Waals surface area contributed by atoms with E-state index >= 15 is 0 Å². The minimum atomic E-state index is -0.387. The number of aliphatic hydroxyl groups is 1. The number of hydrogen-bond donors (Lipinski definition) is 1. The summed E-state index contributed by atoms with van der Waals surface area (Å²) in [5.41, 5.74) is 2.82. The van der Waals surface area contributed by atoms with Gasteiger partial charge in [0, 0.05) is 5.88 Å². The Labute approximate surface area is 203 Å². The predicted molar refractivity (Wildman–Crippen MR) is 131 cm³/mol. The largest absolute Gasteiger partial charge is 0.423 e. The van der Waals surface area contributed by atoms with E-state index in [0.29, 0.717) is 28.5 Å². The van der Waals surface area contributed by atoms with Crippen LogP contribution < -0.4 is 9.47 Å². The summed E-state index contributed by atoms with van der Waals surface area (Å²) in [4.78, 5) is 23.4. The van der Waals surface area contributed by atoms with Gasteiger partial charge >= 0.3 is 11.9 Å². The van der Waals surface area contributed by atoms with Gasteiger partial charge in [0.2, 0.25) is 0 Å². The van der Waals surface area contributed by atoms with Crippen LogP contribution in [0.5, 0.6) is 11.5 Å². The van der Waals surface area contributed by atoms with Gasteiger partial charge in [0.25, 0.3) is 0 Å². The number of carbonyl (C=O) groups excluding carboxylic acids is 2. The van der Waals surface area contributed by atoms with Crippen molar-refractivity contribution >= 4 is 23.5 Å². The first-order chi connectivity index (χ1) is 16.6. The number of rotatable bonds is 6. The number of aliphatic hydroxyl groups excluding tert-OH is 1. The van der Waals surface area contributed by atoms with Crippen LogP contribution in [-0.4, -0.2) is 17.0 Å². The summed E-state index contributed by atoms with van der Waals surface area (Å²) in [5.74, 6) is 0.697. The Morgan fingerprint density at radius 1 is 0.588 bits per heavy atom. The third-order valence-electron chi connectivity index (χ3n) is 4.62. The average molecular weight is 475 g/mol. The first-order valence-electron chi connectivity index (χ1n) is 10.5. The van der Waals surface area contributed by atoms with Crippen molar-refractivity contribution in [2.75, 3.05) is 0 Å². The second kappa shape index (κ2) is 12.9. The van der Waals surface area contributed by atoms with E-state index < -0.39 is 0 Å². The Morgan fingerprint density at radius 2 is 0.971 bits per heavy atom. The van der Waals surface area contributed by atoms with Gasteiger partial charge in [0.05, 0.1) is 17.7 Å². The van der Waals surface area contributed by atoms with Crippen molar-refractivity contribution in [3.05, 3.63) is 131 Å². The lowest BCUT2D eigenvalue weighted by Gasteiger charge is -2.04. The molecule has 1 N–H and O–H groups in total. The van der Waals surface area contributed by atoms with Crippen LogP contribution in [0.1, 0.15) is 31.8 Å². The fourth-order valence-corrected chi connectivity index (χ4v) is 2.97. The summed E-state index contributed by atoms with van der Waals surface area (Å²) in [6.07, 6.45) is 0. The molecule has 4 aromatic carbocycles. The van der Waals surface area contributed by atoms with Crippen molar-refractivity contribution in [3.63, 3.8) is 0 Å².